The Balaban J connectivity index is 1.60. The third kappa shape index (κ3) is 5.91. The molecule has 7 nitrogen and oxygen atoms in total. The van der Waals surface area contributed by atoms with Crippen LogP contribution in [0.4, 0.5) is 4.39 Å². The first-order valence-corrected chi connectivity index (χ1v) is 15.3. The second kappa shape index (κ2) is 13.0. The van der Waals surface area contributed by atoms with Crippen molar-refractivity contribution < 1.29 is 23.4 Å². The molecule has 5 rings (SSSR count). The number of halogens is 2. The summed E-state index contributed by atoms with van der Waals surface area (Å²) < 4.78 is 33.9. The molecule has 0 saturated heterocycles. The Labute approximate surface area is 259 Å². The number of esters is 1. The molecule has 0 fully saturated rings. The summed E-state index contributed by atoms with van der Waals surface area (Å²) in [4.78, 5) is 32.1. The molecule has 10 heteroatoms. The van der Waals surface area contributed by atoms with Crippen molar-refractivity contribution >= 4 is 46.0 Å². The summed E-state index contributed by atoms with van der Waals surface area (Å²) in [7, 11) is 1.33. The molecule has 0 aliphatic carbocycles. The fraction of sp³-hybridized carbons (Fsp3) is 0.219. The number of rotatable bonds is 9. The Morgan fingerprint density at radius 3 is 2.52 bits per heavy atom. The number of hydrogen-bond acceptors (Lipinski definition) is 7. The van der Waals surface area contributed by atoms with Crippen LogP contribution < -0.4 is 24.4 Å². The molecule has 0 radical (unpaired) electrons. The Morgan fingerprint density at radius 2 is 1.83 bits per heavy atom. The van der Waals surface area contributed by atoms with Crippen LogP contribution in [0.5, 0.6) is 11.5 Å². The van der Waals surface area contributed by atoms with Gasteiger partial charge in [-0.25, -0.2) is 14.2 Å². The van der Waals surface area contributed by atoms with Gasteiger partial charge in [-0.2, -0.15) is 0 Å². The Hall–Kier alpha value is -3.77. The zero-order chi connectivity index (χ0) is 29.8. The normalized spacial score (nSPS) is 14.8. The van der Waals surface area contributed by atoms with Crippen molar-refractivity contribution in [2.45, 2.75) is 32.9 Å². The standard InChI is InChI=1S/C32H28FIN2O5S/c1-4-24-27(31(38)39-3)28(20-11-7-6-8-12-20)36-30(37)26(42-32(36)35-24)17-19-15-23(34)29(25(16-19)40-5-2)41-18-21-13-9-10-14-22(21)33/h6-17,28H,4-5,18H2,1-3H3/b26-17-/t28-/m1/s1. The number of nitrogens with zero attached hydrogens (tertiary/aromatic N) is 2. The van der Waals surface area contributed by atoms with E-state index in [1.165, 1.54) is 24.5 Å². The molecule has 0 unspecified atom stereocenters. The summed E-state index contributed by atoms with van der Waals surface area (Å²) in [6.07, 6.45) is 2.29. The quantitative estimate of drug-likeness (QED) is 0.170. The molecular weight excluding hydrogens is 670 g/mol. The Morgan fingerprint density at radius 1 is 1.10 bits per heavy atom. The van der Waals surface area contributed by atoms with Crippen LogP contribution in [0.15, 0.2) is 87.8 Å². The maximum atomic E-state index is 14.2. The third-order valence-electron chi connectivity index (χ3n) is 6.72. The molecule has 42 heavy (non-hydrogen) atoms. The maximum absolute atomic E-state index is 14.2. The van der Waals surface area contributed by atoms with Crippen LogP contribution >= 0.6 is 33.9 Å². The highest BCUT2D eigenvalue weighted by molar-refractivity contribution is 14.1. The van der Waals surface area contributed by atoms with Gasteiger partial charge in [-0.05, 0) is 71.3 Å². The first-order chi connectivity index (χ1) is 20.4. The highest BCUT2D eigenvalue weighted by atomic mass is 127. The highest BCUT2D eigenvalue weighted by Crippen LogP contribution is 2.36. The summed E-state index contributed by atoms with van der Waals surface area (Å²) in [5.41, 5.74) is 2.63. The maximum Gasteiger partial charge on any atom is 0.338 e. The topological polar surface area (TPSA) is 79.1 Å². The number of aromatic nitrogens is 1. The summed E-state index contributed by atoms with van der Waals surface area (Å²) in [5.74, 6) is 0.135. The van der Waals surface area contributed by atoms with Crippen molar-refractivity contribution in [2.75, 3.05) is 13.7 Å². The number of allylic oxidation sites excluding steroid dienone is 1. The minimum absolute atomic E-state index is 0.0441. The molecule has 4 aromatic rings. The van der Waals surface area contributed by atoms with Gasteiger partial charge < -0.3 is 14.2 Å². The molecular formula is C32H28FIN2O5S. The number of ether oxygens (including phenoxy) is 3. The van der Waals surface area contributed by atoms with E-state index in [1.54, 1.807) is 34.9 Å². The SMILES string of the molecule is CCOc1cc(/C=c2\sc3n(c2=O)[C@H](c2ccccc2)C(C(=O)OC)=C(CC)N=3)cc(I)c1OCc1ccccc1F. The van der Waals surface area contributed by atoms with Gasteiger partial charge in [-0.15, -0.1) is 0 Å². The average Bonchev–Trinajstić information content (AvgIpc) is 3.30. The molecule has 0 bridgehead atoms. The monoisotopic (exact) mass is 698 g/mol. The summed E-state index contributed by atoms with van der Waals surface area (Å²) in [6, 6.07) is 18.9. The number of fused-ring (bicyclic) bond motifs is 1. The predicted molar refractivity (Wildman–Crippen MR) is 168 cm³/mol. The van der Waals surface area contributed by atoms with Crippen molar-refractivity contribution in [1.29, 1.82) is 0 Å². The Kier molecular flexibility index (Phi) is 9.22. The van der Waals surface area contributed by atoms with E-state index in [1.807, 2.05) is 50.2 Å². The second-order valence-corrected chi connectivity index (χ2v) is 11.5. The minimum atomic E-state index is -0.666. The van der Waals surface area contributed by atoms with Crippen molar-refractivity contribution in [3.05, 3.63) is 124 Å². The number of benzene rings is 3. The van der Waals surface area contributed by atoms with Crippen molar-refractivity contribution in [3.8, 4) is 11.5 Å². The lowest BCUT2D eigenvalue weighted by atomic mass is 9.95. The number of carbonyl (C=O) groups is 1. The van der Waals surface area contributed by atoms with Crippen molar-refractivity contribution in [1.82, 2.24) is 4.57 Å². The first kappa shape index (κ1) is 29.7. The largest absolute Gasteiger partial charge is 0.490 e. The molecule has 216 valence electrons. The van der Waals surface area contributed by atoms with Crippen LogP contribution in [-0.4, -0.2) is 24.3 Å². The molecule has 0 spiro atoms. The lowest BCUT2D eigenvalue weighted by Crippen LogP contribution is -2.40. The van der Waals surface area contributed by atoms with Gasteiger partial charge in [-0.3, -0.25) is 9.36 Å². The molecule has 2 heterocycles. The first-order valence-electron chi connectivity index (χ1n) is 13.4. The van der Waals surface area contributed by atoms with Crippen LogP contribution in [0.1, 0.15) is 43.0 Å². The van der Waals surface area contributed by atoms with Gasteiger partial charge in [0.15, 0.2) is 16.3 Å². The minimum Gasteiger partial charge on any atom is -0.490 e. The Bertz CT molecular complexity index is 1850. The molecule has 0 N–H and O–H groups in total. The number of hydrogen-bond donors (Lipinski definition) is 0. The highest BCUT2D eigenvalue weighted by Gasteiger charge is 2.33. The molecule has 1 aliphatic rings. The fourth-order valence-corrected chi connectivity index (χ4v) is 6.61. The van der Waals surface area contributed by atoms with Gasteiger partial charge >= 0.3 is 5.97 Å². The van der Waals surface area contributed by atoms with E-state index in [9.17, 15) is 14.0 Å². The molecule has 1 aromatic heterocycles. The van der Waals surface area contributed by atoms with Gasteiger partial charge in [-0.1, -0.05) is 66.8 Å². The van der Waals surface area contributed by atoms with E-state index in [-0.39, 0.29) is 18.0 Å². The van der Waals surface area contributed by atoms with Crippen LogP contribution in [0.2, 0.25) is 0 Å². The van der Waals surface area contributed by atoms with E-state index in [0.717, 1.165) is 14.7 Å². The average molecular weight is 699 g/mol. The molecule has 0 amide bonds. The number of thiazole rings is 1. The number of carbonyl (C=O) groups excluding carboxylic acids is 1. The fourth-order valence-electron chi connectivity index (χ4n) is 4.81. The van der Waals surface area contributed by atoms with E-state index in [0.29, 0.717) is 50.7 Å². The van der Waals surface area contributed by atoms with Gasteiger partial charge in [0.2, 0.25) is 0 Å². The second-order valence-electron chi connectivity index (χ2n) is 9.34. The molecule has 0 saturated carbocycles. The lowest BCUT2D eigenvalue weighted by molar-refractivity contribution is -0.136. The van der Waals surface area contributed by atoms with Crippen LogP contribution in [-0.2, 0) is 16.1 Å². The zero-order valence-electron chi connectivity index (χ0n) is 23.2. The van der Waals surface area contributed by atoms with Gasteiger partial charge in [0, 0.05) is 5.56 Å². The van der Waals surface area contributed by atoms with Crippen LogP contribution in [0, 0.1) is 9.39 Å². The number of methoxy groups -OCH3 is 1. The predicted octanol–water partition coefficient (Wildman–Crippen LogP) is 5.52. The van der Waals surface area contributed by atoms with Gasteiger partial charge in [0.1, 0.15) is 12.4 Å². The van der Waals surface area contributed by atoms with E-state index < -0.39 is 12.0 Å². The summed E-state index contributed by atoms with van der Waals surface area (Å²) in [5, 5.41) is 0. The summed E-state index contributed by atoms with van der Waals surface area (Å²) >= 11 is 3.41. The van der Waals surface area contributed by atoms with E-state index in [2.05, 4.69) is 22.6 Å². The van der Waals surface area contributed by atoms with E-state index >= 15 is 0 Å². The van der Waals surface area contributed by atoms with Crippen LogP contribution in [0.3, 0.4) is 0 Å². The van der Waals surface area contributed by atoms with Crippen molar-refractivity contribution in [3.63, 3.8) is 0 Å². The smallest absolute Gasteiger partial charge is 0.338 e. The molecule has 1 atom stereocenters. The van der Waals surface area contributed by atoms with Crippen LogP contribution in [0.25, 0.3) is 6.08 Å². The van der Waals surface area contributed by atoms with Gasteiger partial charge in [0.05, 0.1) is 39.1 Å². The van der Waals surface area contributed by atoms with Crippen molar-refractivity contribution in [2.24, 2.45) is 4.99 Å². The van der Waals surface area contributed by atoms with Gasteiger partial charge in [0.25, 0.3) is 5.56 Å². The zero-order valence-corrected chi connectivity index (χ0v) is 26.2. The van der Waals surface area contributed by atoms with E-state index in [4.69, 9.17) is 19.2 Å². The molecule has 3 aromatic carbocycles. The molecule has 1 aliphatic heterocycles. The summed E-state index contributed by atoms with van der Waals surface area (Å²) in [6.45, 7) is 4.23. The lowest BCUT2D eigenvalue weighted by Gasteiger charge is -2.25. The third-order valence-corrected chi connectivity index (χ3v) is 8.51.